The van der Waals surface area contributed by atoms with E-state index >= 15 is 0 Å². The fourth-order valence-electron chi connectivity index (χ4n) is 3.51. The largest absolute Gasteiger partial charge is 0.375 e. The van der Waals surface area contributed by atoms with Crippen molar-refractivity contribution in [3.8, 4) is 0 Å². The molecule has 0 amide bonds. The summed E-state index contributed by atoms with van der Waals surface area (Å²) >= 11 is 0. The van der Waals surface area contributed by atoms with Gasteiger partial charge in [-0.3, -0.25) is 0 Å². The highest BCUT2D eigenvalue weighted by Crippen LogP contribution is 2.33. The van der Waals surface area contributed by atoms with Crippen LogP contribution in [0.25, 0.3) is 0 Å². The molecule has 3 unspecified atom stereocenters. The third kappa shape index (κ3) is 4.17. The van der Waals surface area contributed by atoms with Crippen molar-refractivity contribution in [2.45, 2.75) is 59.1 Å². The van der Waals surface area contributed by atoms with Crippen molar-refractivity contribution in [1.29, 1.82) is 0 Å². The molecular formula is C16H32N2O. The van der Waals surface area contributed by atoms with Gasteiger partial charge in [-0.05, 0) is 43.1 Å². The van der Waals surface area contributed by atoms with Crippen LogP contribution in [-0.4, -0.2) is 38.4 Å². The van der Waals surface area contributed by atoms with Crippen LogP contribution in [0.5, 0.6) is 0 Å². The number of morpholine rings is 1. The first-order valence-corrected chi connectivity index (χ1v) is 8.05. The lowest BCUT2D eigenvalue weighted by molar-refractivity contribution is -0.0516. The van der Waals surface area contributed by atoms with E-state index in [1.807, 2.05) is 0 Å². The lowest BCUT2D eigenvalue weighted by Gasteiger charge is -2.41. The zero-order valence-electron chi connectivity index (χ0n) is 13.2. The molecule has 2 N–H and O–H groups in total. The molecule has 112 valence electrons. The minimum atomic E-state index is 0.260. The molecule has 2 aliphatic heterocycles. The van der Waals surface area contributed by atoms with Gasteiger partial charge in [-0.2, -0.15) is 0 Å². The van der Waals surface area contributed by atoms with Crippen LogP contribution in [0.2, 0.25) is 0 Å². The van der Waals surface area contributed by atoms with Gasteiger partial charge in [0.15, 0.2) is 0 Å². The minimum absolute atomic E-state index is 0.260. The number of hydrogen-bond acceptors (Lipinski definition) is 3. The maximum absolute atomic E-state index is 5.95. The summed E-state index contributed by atoms with van der Waals surface area (Å²) in [6, 6.07) is 0.676. The molecule has 2 fully saturated rings. The van der Waals surface area contributed by atoms with Gasteiger partial charge in [-0.15, -0.1) is 0 Å². The maximum Gasteiger partial charge on any atom is 0.0751 e. The van der Waals surface area contributed by atoms with E-state index < -0.39 is 0 Å². The summed E-state index contributed by atoms with van der Waals surface area (Å²) in [5, 5.41) is 7.22. The summed E-state index contributed by atoms with van der Waals surface area (Å²) < 4.78 is 5.95. The molecule has 2 aliphatic rings. The van der Waals surface area contributed by atoms with Crippen LogP contribution in [0.3, 0.4) is 0 Å². The van der Waals surface area contributed by atoms with Crippen molar-refractivity contribution < 1.29 is 4.74 Å². The van der Waals surface area contributed by atoms with Crippen LogP contribution < -0.4 is 10.6 Å². The Morgan fingerprint density at radius 1 is 1.21 bits per heavy atom. The van der Waals surface area contributed by atoms with Gasteiger partial charge in [0.1, 0.15) is 0 Å². The van der Waals surface area contributed by atoms with E-state index in [-0.39, 0.29) is 5.41 Å². The van der Waals surface area contributed by atoms with Crippen LogP contribution in [0.1, 0.15) is 47.0 Å². The summed E-state index contributed by atoms with van der Waals surface area (Å²) in [7, 11) is 0. The lowest BCUT2D eigenvalue weighted by Crippen LogP contribution is -2.50. The molecule has 0 aromatic rings. The standard InChI is InChI=1S/C16H32N2O/c1-12(2)13-5-6-14(18-10-13)9-16(3,4)15-11-17-7-8-19-15/h12-15,17-18H,5-11H2,1-4H3. The van der Waals surface area contributed by atoms with E-state index in [0.717, 1.165) is 31.5 Å². The molecule has 3 nitrogen and oxygen atoms in total. The quantitative estimate of drug-likeness (QED) is 0.821. The molecule has 3 atom stereocenters. The summed E-state index contributed by atoms with van der Waals surface area (Å²) in [5.74, 6) is 1.68. The van der Waals surface area contributed by atoms with Crippen molar-refractivity contribution >= 4 is 0 Å². The Morgan fingerprint density at radius 3 is 2.53 bits per heavy atom. The summed E-state index contributed by atoms with van der Waals surface area (Å²) in [6.07, 6.45) is 4.30. The fourth-order valence-corrected chi connectivity index (χ4v) is 3.51. The van der Waals surface area contributed by atoms with Crippen LogP contribution in [0.15, 0.2) is 0 Å². The third-order valence-electron chi connectivity index (χ3n) is 5.07. The molecule has 0 aliphatic carbocycles. The molecule has 0 spiro atoms. The van der Waals surface area contributed by atoms with Crippen LogP contribution >= 0.6 is 0 Å². The van der Waals surface area contributed by atoms with Crippen LogP contribution in [0, 0.1) is 17.3 Å². The normalized spacial score (nSPS) is 33.6. The van der Waals surface area contributed by atoms with Crippen molar-refractivity contribution in [3.05, 3.63) is 0 Å². The molecule has 0 aromatic carbocycles. The van der Waals surface area contributed by atoms with Gasteiger partial charge >= 0.3 is 0 Å². The molecule has 0 bridgehead atoms. The highest BCUT2D eigenvalue weighted by molar-refractivity contribution is 4.89. The Morgan fingerprint density at radius 2 is 2.00 bits per heavy atom. The second-order valence-electron chi connectivity index (χ2n) is 7.44. The third-order valence-corrected chi connectivity index (χ3v) is 5.07. The molecule has 2 saturated heterocycles. The Bertz CT molecular complexity index is 264. The van der Waals surface area contributed by atoms with E-state index in [1.165, 1.54) is 25.8 Å². The van der Waals surface area contributed by atoms with E-state index in [1.54, 1.807) is 0 Å². The molecule has 2 rings (SSSR count). The zero-order chi connectivity index (χ0) is 13.9. The van der Waals surface area contributed by atoms with Gasteiger partial charge in [0, 0.05) is 19.1 Å². The molecule has 0 aromatic heterocycles. The summed E-state index contributed by atoms with van der Waals surface area (Å²) in [5.41, 5.74) is 0.260. The predicted octanol–water partition coefficient (Wildman–Crippen LogP) is 2.42. The van der Waals surface area contributed by atoms with E-state index in [0.29, 0.717) is 12.1 Å². The molecule has 2 heterocycles. The fraction of sp³-hybridized carbons (Fsp3) is 1.00. The van der Waals surface area contributed by atoms with Crippen molar-refractivity contribution in [3.63, 3.8) is 0 Å². The van der Waals surface area contributed by atoms with Gasteiger partial charge in [0.25, 0.3) is 0 Å². The van der Waals surface area contributed by atoms with Crippen LogP contribution in [0.4, 0.5) is 0 Å². The first-order chi connectivity index (χ1) is 8.99. The van der Waals surface area contributed by atoms with Gasteiger partial charge in [-0.1, -0.05) is 27.7 Å². The van der Waals surface area contributed by atoms with Gasteiger partial charge in [-0.25, -0.2) is 0 Å². The highest BCUT2D eigenvalue weighted by Gasteiger charge is 2.35. The number of ether oxygens (including phenoxy) is 1. The van der Waals surface area contributed by atoms with Gasteiger partial charge in [0.05, 0.1) is 12.7 Å². The second-order valence-corrected chi connectivity index (χ2v) is 7.44. The van der Waals surface area contributed by atoms with Crippen LogP contribution in [-0.2, 0) is 4.74 Å². The van der Waals surface area contributed by atoms with Gasteiger partial charge < -0.3 is 15.4 Å². The molecule has 19 heavy (non-hydrogen) atoms. The SMILES string of the molecule is CC(C)C1CCC(CC(C)(C)C2CNCCO2)NC1. The van der Waals surface area contributed by atoms with E-state index in [4.69, 9.17) is 4.74 Å². The number of rotatable bonds is 4. The number of hydrogen-bond donors (Lipinski definition) is 2. The topological polar surface area (TPSA) is 33.3 Å². The monoisotopic (exact) mass is 268 g/mol. The number of nitrogens with one attached hydrogen (secondary N) is 2. The smallest absolute Gasteiger partial charge is 0.0751 e. The van der Waals surface area contributed by atoms with Crippen molar-refractivity contribution in [1.82, 2.24) is 10.6 Å². The first-order valence-electron chi connectivity index (χ1n) is 8.05. The molecule has 0 saturated carbocycles. The first kappa shape index (κ1) is 15.3. The lowest BCUT2D eigenvalue weighted by atomic mass is 9.76. The average molecular weight is 268 g/mol. The molecule has 3 heteroatoms. The second kappa shape index (κ2) is 6.55. The Balaban J connectivity index is 1.80. The van der Waals surface area contributed by atoms with E-state index in [2.05, 4.69) is 38.3 Å². The van der Waals surface area contributed by atoms with Gasteiger partial charge in [0.2, 0.25) is 0 Å². The average Bonchev–Trinajstić information content (AvgIpc) is 2.40. The molecular weight excluding hydrogens is 236 g/mol. The van der Waals surface area contributed by atoms with Crippen molar-refractivity contribution in [2.75, 3.05) is 26.2 Å². The number of piperidine rings is 1. The Labute approximate surface area is 118 Å². The highest BCUT2D eigenvalue weighted by atomic mass is 16.5. The predicted molar refractivity (Wildman–Crippen MR) is 80.4 cm³/mol. The minimum Gasteiger partial charge on any atom is -0.375 e. The Kier molecular flexibility index (Phi) is 5.27. The summed E-state index contributed by atoms with van der Waals surface area (Å²) in [6.45, 7) is 13.5. The van der Waals surface area contributed by atoms with E-state index in [9.17, 15) is 0 Å². The molecule has 0 radical (unpaired) electrons. The Hall–Kier alpha value is -0.120. The van der Waals surface area contributed by atoms with Crippen molar-refractivity contribution in [2.24, 2.45) is 17.3 Å². The summed E-state index contributed by atoms with van der Waals surface area (Å²) in [4.78, 5) is 0. The zero-order valence-corrected chi connectivity index (χ0v) is 13.2. The maximum atomic E-state index is 5.95.